The van der Waals surface area contributed by atoms with Crippen molar-refractivity contribution in [3.05, 3.63) is 60.8 Å². The number of hydrogen-bond donors (Lipinski definition) is 0. The van der Waals surface area contributed by atoms with E-state index in [0.717, 1.165) is 70.6 Å². The number of allylic oxidation sites excluding steroid dienone is 10. The zero-order chi connectivity index (χ0) is 38.7. The molecule has 0 bridgehead atoms. The van der Waals surface area contributed by atoms with Gasteiger partial charge in [0.05, 0.1) is 0 Å². The van der Waals surface area contributed by atoms with E-state index in [4.69, 9.17) is 14.2 Å². The number of ether oxygens (including phenoxy) is 3. The molecule has 0 aliphatic heterocycles. The van der Waals surface area contributed by atoms with E-state index in [1.165, 1.54) is 89.9 Å². The molecule has 0 saturated heterocycles. The topological polar surface area (TPSA) is 78.9 Å². The van der Waals surface area contributed by atoms with Crippen LogP contribution in [-0.2, 0) is 28.6 Å². The Balaban J connectivity index is 4.44. The van der Waals surface area contributed by atoms with E-state index in [1.807, 2.05) is 48.6 Å². The summed E-state index contributed by atoms with van der Waals surface area (Å²) >= 11 is 0. The van der Waals surface area contributed by atoms with Gasteiger partial charge in [-0.25, -0.2) is 0 Å². The van der Waals surface area contributed by atoms with E-state index in [9.17, 15) is 14.4 Å². The van der Waals surface area contributed by atoms with Gasteiger partial charge in [-0.3, -0.25) is 14.4 Å². The lowest BCUT2D eigenvalue weighted by Gasteiger charge is -2.18. The van der Waals surface area contributed by atoms with E-state index < -0.39 is 6.10 Å². The lowest BCUT2D eigenvalue weighted by atomic mass is 10.1. The third kappa shape index (κ3) is 40.1. The van der Waals surface area contributed by atoms with Gasteiger partial charge >= 0.3 is 17.9 Å². The van der Waals surface area contributed by atoms with Crippen molar-refractivity contribution >= 4 is 17.9 Å². The Hall–Kier alpha value is -2.89. The van der Waals surface area contributed by atoms with Crippen LogP contribution in [0, 0.1) is 0 Å². The molecule has 0 aromatic rings. The standard InChI is InChI=1S/C47H80O6/c1-4-7-10-13-16-19-21-22-23-24-26-28-31-34-37-40-46(49)52-43-44(42-51-45(48)39-36-33-30-27-18-15-12-9-6-3)53-47(50)41-38-35-32-29-25-20-17-14-11-8-5-2/h7,10,13,16,19,21-24,26,44H,4-6,8-9,11-12,14-15,17-18,20,25,27-43H2,1-3H3/b10-7-,16-13-,21-19-,23-22-,26-24-. The fourth-order valence-corrected chi connectivity index (χ4v) is 5.87. The van der Waals surface area contributed by atoms with Crippen LogP contribution < -0.4 is 0 Å². The zero-order valence-corrected chi connectivity index (χ0v) is 34.5. The molecule has 0 aromatic heterocycles. The molecular formula is C47H80O6. The number of esters is 3. The quantitative estimate of drug-likeness (QED) is 0.0271. The number of carbonyl (C=O) groups is 3. The Morgan fingerprint density at radius 3 is 1.15 bits per heavy atom. The second kappa shape index (κ2) is 41.9. The first-order valence-electron chi connectivity index (χ1n) is 21.9. The van der Waals surface area contributed by atoms with Gasteiger partial charge in [-0.15, -0.1) is 0 Å². The van der Waals surface area contributed by atoms with Crippen molar-refractivity contribution in [3.63, 3.8) is 0 Å². The number of unbranched alkanes of at least 4 members (excludes halogenated alkanes) is 21. The third-order valence-electron chi connectivity index (χ3n) is 9.16. The molecule has 6 nitrogen and oxygen atoms in total. The second-order valence-electron chi connectivity index (χ2n) is 14.4. The van der Waals surface area contributed by atoms with Crippen LogP contribution in [0.4, 0.5) is 0 Å². The van der Waals surface area contributed by atoms with E-state index in [-0.39, 0.29) is 31.1 Å². The molecule has 0 rings (SSSR count). The maximum atomic E-state index is 12.7. The van der Waals surface area contributed by atoms with Gasteiger partial charge in [0.2, 0.25) is 0 Å². The molecule has 0 spiro atoms. The van der Waals surface area contributed by atoms with Crippen LogP contribution in [-0.4, -0.2) is 37.2 Å². The molecule has 0 N–H and O–H groups in total. The molecule has 0 saturated carbocycles. The van der Waals surface area contributed by atoms with Crippen molar-refractivity contribution in [1.29, 1.82) is 0 Å². The SMILES string of the molecule is CC\C=C/C=C\C=C/C=C\C=C/CCCCCC(=O)OCC(COC(=O)CCCCCCCCCCC)OC(=O)CCCCCCCCCCCCC. The second-order valence-corrected chi connectivity index (χ2v) is 14.4. The van der Waals surface area contributed by atoms with Crippen LogP contribution in [0.15, 0.2) is 60.8 Å². The highest BCUT2D eigenvalue weighted by atomic mass is 16.6. The molecule has 0 heterocycles. The van der Waals surface area contributed by atoms with Gasteiger partial charge < -0.3 is 14.2 Å². The van der Waals surface area contributed by atoms with E-state index >= 15 is 0 Å². The van der Waals surface area contributed by atoms with E-state index in [0.29, 0.717) is 19.3 Å². The van der Waals surface area contributed by atoms with Gasteiger partial charge in [-0.05, 0) is 38.5 Å². The normalized spacial score (nSPS) is 12.6. The maximum absolute atomic E-state index is 12.7. The number of carbonyl (C=O) groups excluding carboxylic acids is 3. The molecular weight excluding hydrogens is 661 g/mol. The summed E-state index contributed by atoms with van der Waals surface area (Å²) < 4.78 is 16.6. The smallest absolute Gasteiger partial charge is 0.306 e. The fourth-order valence-electron chi connectivity index (χ4n) is 5.87. The Morgan fingerprint density at radius 1 is 0.396 bits per heavy atom. The summed E-state index contributed by atoms with van der Waals surface area (Å²) in [5.41, 5.74) is 0. The van der Waals surface area contributed by atoms with Crippen LogP contribution in [0.2, 0.25) is 0 Å². The monoisotopic (exact) mass is 741 g/mol. The lowest BCUT2D eigenvalue weighted by molar-refractivity contribution is -0.167. The highest BCUT2D eigenvalue weighted by molar-refractivity contribution is 5.71. The first kappa shape index (κ1) is 50.1. The van der Waals surface area contributed by atoms with E-state index in [1.54, 1.807) is 0 Å². The van der Waals surface area contributed by atoms with Crippen molar-refractivity contribution in [3.8, 4) is 0 Å². The van der Waals surface area contributed by atoms with Gasteiger partial charge in [-0.1, -0.05) is 204 Å². The summed E-state index contributed by atoms with van der Waals surface area (Å²) in [6, 6.07) is 0. The summed E-state index contributed by atoms with van der Waals surface area (Å²) in [7, 11) is 0. The average molecular weight is 741 g/mol. The van der Waals surface area contributed by atoms with Gasteiger partial charge in [0.25, 0.3) is 0 Å². The molecule has 6 heteroatoms. The molecule has 0 aromatic carbocycles. The molecule has 304 valence electrons. The summed E-state index contributed by atoms with van der Waals surface area (Å²) in [5, 5.41) is 0. The maximum Gasteiger partial charge on any atom is 0.306 e. The van der Waals surface area contributed by atoms with Crippen LogP contribution >= 0.6 is 0 Å². The highest BCUT2D eigenvalue weighted by Gasteiger charge is 2.19. The fraction of sp³-hybridized carbons (Fsp3) is 0.723. The predicted molar refractivity (Wildman–Crippen MR) is 224 cm³/mol. The summed E-state index contributed by atoms with van der Waals surface area (Å²) in [6.07, 6.45) is 49.1. The Kier molecular flexibility index (Phi) is 39.6. The highest BCUT2D eigenvalue weighted by Crippen LogP contribution is 2.14. The van der Waals surface area contributed by atoms with Crippen LogP contribution in [0.5, 0.6) is 0 Å². The van der Waals surface area contributed by atoms with Gasteiger partial charge in [0.15, 0.2) is 6.10 Å². The average Bonchev–Trinajstić information content (AvgIpc) is 3.15. The first-order valence-corrected chi connectivity index (χ1v) is 21.9. The van der Waals surface area contributed by atoms with Gasteiger partial charge in [-0.2, -0.15) is 0 Å². The molecule has 0 fully saturated rings. The van der Waals surface area contributed by atoms with Gasteiger partial charge in [0, 0.05) is 19.3 Å². The van der Waals surface area contributed by atoms with Crippen molar-refractivity contribution in [2.24, 2.45) is 0 Å². The van der Waals surface area contributed by atoms with Crippen molar-refractivity contribution in [2.75, 3.05) is 13.2 Å². The molecule has 0 radical (unpaired) electrons. The zero-order valence-electron chi connectivity index (χ0n) is 34.5. The molecule has 53 heavy (non-hydrogen) atoms. The summed E-state index contributed by atoms with van der Waals surface area (Å²) in [4.78, 5) is 37.6. The van der Waals surface area contributed by atoms with Gasteiger partial charge in [0.1, 0.15) is 13.2 Å². The number of hydrogen-bond acceptors (Lipinski definition) is 6. The largest absolute Gasteiger partial charge is 0.462 e. The molecule has 0 amide bonds. The van der Waals surface area contributed by atoms with Crippen LogP contribution in [0.1, 0.15) is 201 Å². The predicted octanol–water partition coefficient (Wildman–Crippen LogP) is 13.7. The lowest BCUT2D eigenvalue weighted by Crippen LogP contribution is -2.30. The first-order chi connectivity index (χ1) is 26.0. The van der Waals surface area contributed by atoms with Crippen LogP contribution in [0.3, 0.4) is 0 Å². The molecule has 0 aliphatic rings. The Morgan fingerprint density at radius 2 is 0.736 bits per heavy atom. The van der Waals surface area contributed by atoms with Crippen molar-refractivity contribution < 1.29 is 28.6 Å². The Labute approximate surface area is 326 Å². The van der Waals surface area contributed by atoms with Crippen molar-refractivity contribution in [1.82, 2.24) is 0 Å². The molecule has 1 atom stereocenters. The van der Waals surface area contributed by atoms with Crippen LogP contribution in [0.25, 0.3) is 0 Å². The summed E-state index contributed by atoms with van der Waals surface area (Å²) in [6.45, 7) is 6.41. The molecule has 0 aliphatic carbocycles. The minimum atomic E-state index is -0.784. The number of rotatable bonds is 38. The van der Waals surface area contributed by atoms with Crippen molar-refractivity contribution in [2.45, 2.75) is 207 Å². The third-order valence-corrected chi connectivity index (χ3v) is 9.16. The Bertz CT molecular complexity index is 991. The minimum Gasteiger partial charge on any atom is -0.462 e. The summed E-state index contributed by atoms with van der Waals surface area (Å²) in [5.74, 6) is -0.936. The molecule has 1 unspecified atom stereocenters. The minimum absolute atomic E-state index is 0.0862. The van der Waals surface area contributed by atoms with E-state index in [2.05, 4.69) is 32.9 Å².